The number of nitrogens with one attached hydrogen (secondary N) is 4. The summed E-state index contributed by atoms with van der Waals surface area (Å²) in [5, 5.41) is 19.7. The first-order valence-electron chi connectivity index (χ1n) is 35.2. The number of anilines is 4. The molecular formula is C88H72N14O5S4. The molecule has 16 rings (SSSR count). The zero-order chi connectivity index (χ0) is 76.7. The van der Waals surface area contributed by atoms with Crippen LogP contribution >= 0.6 is 45.3 Å². The summed E-state index contributed by atoms with van der Waals surface area (Å²) in [5.74, 6) is 0.434. The van der Waals surface area contributed by atoms with Crippen molar-refractivity contribution in [2.45, 2.75) is 46.5 Å². The van der Waals surface area contributed by atoms with Crippen LogP contribution in [0.3, 0.4) is 0 Å². The Morgan fingerprint density at radius 2 is 0.802 bits per heavy atom. The molecule has 0 aliphatic rings. The van der Waals surface area contributed by atoms with E-state index in [-0.39, 0.29) is 30.0 Å². The van der Waals surface area contributed by atoms with Crippen molar-refractivity contribution in [3.8, 4) is 84.3 Å². The number of thiazole rings is 4. The van der Waals surface area contributed by atoms with Gasteiger partial charge in [0.25, 0.3) is 0 Å². The molecule has 4 amide bonds. The van der Waals surface area contributed by atoms with Crippen LogP contribution in [-0.2, 0) is 44.9 Å². The molecule has 0 bridgehead atoms. The number of nitrogens with zero attached hydrogens (tertiary/aromatic N) is 10. The smallest absolute Gasteiger partial charge is 0.230 e. The zero-order valence-electron chi connectivity index (χ0n) is 60.7. The van der Waals surface area contributed by atoms with Gasteiger partial charge in [-0.15, -0.1) is 34.0 Å². The number of fused-ring (bicyclic) bond motifs is 1. The number of hydrogen-bond donors (Lipinski definition) is 4. The molecule has 0 unspecified atom stereocenters. The first-order chi connectivity index (χ1) is 54.2. The van der Waals surface area contributed by atoms with Crippen LogP contribution in [0.2, 0.25) is 0 Å². The average Bonchev–Trinajstić information content (AvgIpc) is 1.77. The molecule has 10 aromatic heterocycles. The maximum atomic E-state index is 12.6. The van der Waals surface area contributed by atoms with Crippen LogP contribution in [0.4, 0.5) is 20.5 Å². The molecular weight excluding hydrogens is 1460 g/mol. The second-order valence-corrected chi connectivity index (χ2v) is 28.8. The molecule has 19 nitrogen and oxygen atoms in total. The van der Waals surface area contributed by atoms with Gasteiger partial charge in [-0.05, 0) is 167 Å². The lowest BCUT2D eigenvalue weighted by molar-refractivity contribution is -0.116. The molecule has 0 aliphatic heterocycles. The molecule has 6 aromatic carbocycles. The number of aromatic nitrogens is 10. The Morgan fingerprint density at radius 1 is 0.342 bits per heavy atom. The lowest BCUT2D eigenvalue weighted by Crippen LogP contribution is -2.14. The van der Waals surface area contributed by atoms with Crippen molar-refractivity contribution in [1.82, 2.24) is 49.8 Å². The van der Waals surface area contributed by atoms with Gasteiger partial charge in [0.1, 0.15) is 11.4 Å². The Morgan fingerprint density at radius 3 is 1.32 bits per heavy atom. The highest BCUT2D eigenvalue weighted by Gasteiger charge is 2.16. The van der Waals surface area contributed by atoms with Gasteiger partial charge < -0.3 is 26.0 Å². The number of benzene rings is 6. The highest BCUT2D eigenvalue weighted by molar-refractivity contribution is 7.22. The van der Waals surface area contributed by atoms with Gasteiger partial charge in [0, 0.05) is 93.8 Å². The fourth-order valence-electron chi connectivity index (χ4n) is 11.5. The minimum atomic E-state index is -0.108. The lowest BCUT2D eigenvalue weighted by atomic mass is 9.98. The van der Waals surface area contributed by atoms with Crippen molar-refractivity contribution in [3.63, 3.8) is 0 Å². The van der Waals surface area contributed by atoms with Crippen molar-refractivity contribution in [2.24, 2.45) is 0 Å². The molecule has 10 heterocycles. The van der Waals surface area contributed by atoms with Crippen molar-refractivity contribution in [3.05, 3.63) is 329 Å². The number of pyridine rings is 6. The fourth-order valence-corrected chi connectivity index (χ4v) is 14.6. The van der Waals surface area contributed by atoms with Crippen LogP contribution < -0.4 is 26.0 Å². The highest BCUT2D eigenvalue weighted by atomic mass is 32.1. The van der Waals surface area contributed by atoms with Crippen LogP contribution in [0.5, 0.6) is 5.75 Å². The van der Waals surface area contributed by atoms with Gasteiger partial charge in [-0.3, -0.25) is 49.1 Å². The van der Waals surface area contributed by atoms with E-state index < -0.39 is 0 Å². The second-order valence-electron chi connectivity index (χ2n) is 25.2. The standard InChI is InChI=1S/C23H21N3O2S.C22H18N4OS.C22H17N3OS.C21H16N4OS/c1-14-10-17(18-8-9-24-15(2)11-18)5-4-16(14)12-22(27)26-23-25-20-7-6-19(28-3)13-21(20)29-23;1-15-11-18(9-10-23-15)19-8-7-16(13-24-19)12-21(27)26-22-25-20(14-28-22)17-5-3-2-4-6-17;26-21(25-22-24-20(15-27-22)19-4-2-1-3-5-19)14-16-6-8-17(9-7-16)18-10-12-23-13-11-18;26-20(25-21-24-19(14-27-21)18-3-1-2-10-23-18)13-15-4-6-16(7-5-15)17-8-11-22-12-9-17/h4-11,13H,12H2,1-3H3,(H,25,26,27);2-11,13-14H,12H2,1H3,(H,25,26,27);1-13,15H,14H2,(H,24,25,26);1-12,14H,13H2,(H,24,25,26). The molecule has 0 saturated heterocycles. The third kappa shape index (κ3) is 21.7. The maximum Gasteiger partial charge on any atom is 0.230 e. The van der Waals surface area contributed by atoms with Crippen LogP contribution in [-0.4, -0.2) is 80.6 Å². The molecule has 0 radical (unpaired) electrons. The van der Waals surface area contributed by atoms with Gasteiger partial charge in [-0.2, -0.15) is 0 Å². The van der Waals surface area contributed by atoms with Crippen molar-refractivity contribution in [2.75, 3.05) is 28.4 Å². The Bertz CT molecular complexity index is 5600. The van der Waals surface area contributed by atoms with E-state index in [1.54, 1.807) is 50.5 Å². The summed E-state index contributed by atoms with van der Waals surface area (Å²) in [4.78, 5) is 92.7. The Hall–Kier alpha value is -13.3. The number of ether oxygens (including phenoxy) is 1. The van der Waals surface area contributed by atoms with Gasteiger partial charge in [0.15, 0.2) is 20.5 Å². The predicted octanol–water partition coefficient (Wildman–Crippen LogP) is 19.4. The molecule has 0 saturated carbocycles. The average molecular weight is 1530 g/mol. The van der Waals surface area contributed by atoms with Gasteiger partial charge >= 0.3 is 0 Å². The number of carbonyl (C=O) groups is 4. The third-order valence-corrected chi connectivity index (χ3v) is 20.3. The summed E-state index contributed by atoms with van der Waals surface area (Å²) in [5.41, 5.74) is 21.5. The van der Waals surface area contributed by atoms with E-state index in [2.05, 4.69) is 83.2 Å². The zero-order valence-corrected chi connectivity index (χ0v) is 64.0. The fraction of sp³-hybridized carbons (Fsp3) is 0.0909. The highest BCUT2D eigenvalue weighted by Crippen LogP contribution is 2.32. The predicted molar refractivity (Wildman–Crippen MR) is 447 cm³/mol. The molecule has 548 valence electrons. The van der Waals surface area contributed by atoms with Crippen LogP contribution in [0.15, 0.2) is 290 Å². The number of aryl methyl sites for hydroxylation is 3. The van der Waals surface area contributed by atoms with E-state index in [1.165, 1.54) is 45.3 Å². The molecule has 23 heteroatoms. The first-order valence-corrected chi connectivity index (χ1v) is 38.6. The van der Waals surface area contributed by atoms with E-state index in [1.807, 2.05) is 255 Å². The Kier molecular flexibility index (Phi) is 25.6. The topological polar surface area (TPSA) is 255 Å². The number of amides is 4. The largest absolute Gasteiger partial charge is 0.497 e. The van der Waals surface area contributed by atoms with E-state index in [4.69, 9.17) is 4.74 Å². The lowest BCUT2D eigenvalue weighted by Gasteiger charge is -2.09. The van der Waals surface area contributed by atoms with Gasteiger partial charge in [-0.25, -0.2) is 19.9 Å². The number of methoxy groups -OCH3 is 1. The monoisotopic (exact) mass is 1530 g/mol. The van der Waals surface area contributed by atoms with Crippen molar-refractivity contribution in [1.29, 1.82) is 0 Å². The minimum Gasteiger partial charge on any atom is -0.497 e. The van der Waals surface area contributed by atoms with Crippen LogP contribution in [0.25, 0.3) is 88.8 Å². The summed E-state index contributed by atoms with van der Waals surface area (Å²) < 4.78 is 6.22. The summed E-state index contributed by atoms with van der Waals surface area (Å²) in [6.07, 6.45) is 15.3. The number of carbonyl (C=O) groups excluding carboxylic acids is 4. The molecule has 0 aliphatic carbocycles. The number of hydrogen-bond acceptors (Lipinski definition) is 19. The second kappa shape index (κ2) is 37.5. The molecule has 4 N–H and O–H groups in total. The first kappa shape index (κ1) is 75.9. The number of rotatable bonds is 20. The molecule has 0 spiro atoms. The summed E-state index contributed by atoms with van der Waals surface area (Å²) in [7, 11) is 1.63. The summed E-state index contributed by atoms with van der Waals surface area (Å²) in [6.45, 7) is 5.96. The van der Waals surface area contributed by atoms with E-state index in [9.17, 15) is 19.2 Å². The quantitative estimate of drug-likeness (QED) is 0.0553. The van der Waals surface area contributed by atoms with Gasteiger partial charge in [-0.1, -0.05) is 151 Å². The third-order valence-electron chi connectivity index (χ3n) is 17.1. The molecule has 0 fully saturated rings. The van der Waals surface area contributed by atoms with Gasteiger partial charge in [0.05, 0.1) is 65.8 Å². The van der Waals surface area contributed by atoms with Crippen LogP contribution in [0.1, 0.15) is 39.2 Å². The van der Waals surface area contributed by atoms with Gasteiger partial charge in [0.2, 0.25) is 23.6 Å². The van der Waals surface area contributed by atoms with Crippen LogP contribution in [0, 0.1) is 20.8 Å². The Balaban J connectivity index is 0.000000130. The normalized spacial score (nSPS) is 10.6. The summed E-state index contributed by atoms with van der Waals surface area (Å²) in [6, 6.07) is 73.0. The van der Waals surface area contributed by atoms with Crippen molar-refractivity contribution < 1.29 is 23.9 Å². The molecule has 111 heavy (non-hydrogen) atoms. The van der Waals surface area contributed by atoms with E-state index in [0.717, 1.165) is 134 Å². The minimum absolute atomic E-state index is 0.0689. The van der Waals surface area contributed by atoms with Crippen molar-refractivity contribution >= 4 is 99.7 Å². The Labute approximate surface area is 657 Å². The SMILES string of the molecule is COc1ccc2nc(NC(=O)Cc3ccc(-c4ccnc(C)c4)cc3C)sc2c1.Cc1cc(-c2ccc(CC(=O)Nc3nc(-c4ccccc4)cs3)cn2)ccn1.O=C(Cc1ccc(-c2ccncc2)cc1)Nc1nc(-c2ccccc2)cs1.O=C(Cc1ccc(-c2ccncc2)cc1)Nc1nc(-c2ccccn2)cs1. The molecule has 0 atom stereocenters. The summed E-state index contributed by atoms with van der Waals surface area (Å²) >= 11 is 5.69. The molecule has 16 aromatic rings. The van der Waals surface area contributed by atoms with E-state index in [0.29, 0.717) is 39.8 Å². The maximum absolute atomic E-state index is 12.6. The van der Waals surface area contributed by atoms with E-state index >= 15 is 0 Å².